The van der Waals surface area contributed by atoms with Crippen LogP contribution in [0.5, 0.6) is 5.75 Å². The predicted octanol–water partition coefficient (Wildman–Crippen LogP) is 4.23. The van der Waals surface area contributed by atoms with Crippen LogP contribution in [-0.2, 0) is 6.42 Å². The zero-order valence-electron chi connectivity index (χ0n) is 11.9. The monoisotopic (exact) mass is 267 g/mol. The van der Waals surface area contributed by atoms with E-state index in [2.05, 4.69) is 41.7 Å². The van der Waals surface area contributed by atoms with E-state index >= 15 is 0 Å². The Morgan fingerprint density at radius 3 is 2.80 bits per heavy atom. The van der Waals surface area contributed by atoms with Crippen molar-refractivity contribution >= 4 is 5.69 Å². The van der Waals surface area contributed by atoms with Gasteiger partial charge >= 0.3 is 0 Å². The topological polar surface area (TPSA) is 21.3 Å². The van der Waals surface area contributed by atoms with Crippen molar-refractivity contribution in [3.05, 3.63) is 59.7 Å². The summed E-state index contributed by atoms with van der Waals surface area (Å²) in [5.41, 5.74) is 4.09. The average molecular weight is 267 g/mol. The Balaban J connectivity index is 1.73. The highest BCUT2D eigenvalue weighted by molar-refractivity contribution is 5.54. The van der Waals surface area contributed by atoms with Crippen LogP contribution in [0.4, 0.5) is 5.69 Å². The van der Waals surface area contributed by atoms with E-state index in [4.69, 9.17) is 4.74 Å². The molecule has 1 unspecified atom stereocenters. The van der Waals surface area contributed by atoms with Gasteiger partial charge in [-0.05, 0) is 48.4 Å². The van der Waals surface area contributed by atoms with Gasteiger partial charge in [0.1, 0.15) is 5.75 Å². The Kier molecular flexibility index (Phi) is 3.91. The SMILES string of the molecule is COc1ccccc1CCC1CCNc2ccccc21. The molecular weight excluding hydrogens is 246 g/mol. The summed E-state index contributed by atoms with van der Waals surface area (Å²) in [5, 5.41) is 3.49. The van der Waals surface area contributed by atoms with Crippen LogP contribution in [0.25, 0.3) is 0 Å². The number of anilines is 1. The largest absolute Gasteiger partial charge is 0.496 e. The van der Waals surface area contributed by atoms with Crippen molar-refractivity contribution in [3.63, 3.8) is 0 Å². The van der Waals surface area contributed by atoms with E-state index in [9.17, 15) is 0 Å². The molecule has 1 atom stereocenters. The minimum Gasteiger partial charge on any atom is -0.496 e. The van der Waals surface area contributed by atoms with Crippen LogP contribution in [0.1, 0.15) is 29.9 Å². The predicted molar refractivity (Wildman–Crippen MR) is 83.6 cm³/mol. The van der Waals surface area contributed by atoms with Crippen molar-refractivity contribution in [1.82, 2.24) is 0 Å². The summed E-state index contributed by atoms with van der Waals surface area (Å²) >= 11 is 0. The van der Waals surface area contributed by atoms with Gasteiger partial charge in [0.05, 0.1) is 7.11 Å². The molecule has 0 saturated heterocycles. The average Bonchev–Trinajstić information content (AvgIpc) is 2.53. The maximum Gasteiger partial charge on any atom is 0.122 e. The fraction of sp³-hybridized carbons (Fsp3) is 0.333. The summed E-state index contributed by atoms with van der Waals surface area (Å²) in [6.07, 6.45) is 3.47. The maximum atomic E-state index is 5.44. The van der Waals surface area contributed by atoms with E-state index in [-0.39, 0.29) is 0 Å². The first-order chi connectivity index (χ1) is 9.88. The van der Waals surface area contributed by atoms with E-state index in [1.165, 1.54) is 29.7 Å². The minimum atomic E-state index is 0.650. The Hall–Kier alpha value is -1.96. The van der Waals surface area contributed by atoms with Crippen molar-refractivity contribution in [1.29, 1.82) is 0 Å². The third-order valence-electron chi connectivity index (χ3n) is 4.16. The number of hydrogen-bond donors (Lipinski definition) is 1. The van der Waals surface area contributed by atoms with E-state index < -0.39 is 0 Å². The first kappa shape index (κ1) is 13.0. The Morgan fingerprint density at radius 1 is 1.10 bits per heavy atom. The summed E-state index contributed by atoms with van der Waals surface area (Å²) < 4.78 is 5.44. The van der Waals surface area contributed by atoms with Gasteiger partial charge in [0.2, 0.25) is 0 Å². The second kappa shape index (κ2) is 6.00. The molecule has 0 saturated carbocycles. The number of methoxy groups -OCH3 is 1. The summed E-state index contributed by atoms with van der Waals surface area (Å²) in [4.78, 5) is 0. The maximum absolute atomic E-state index is 5.44. The molecule has 0 amide bonds. The van der Waals surface area contributed by atoms with Gasteiger partial charge in [0.15, 0.2) is 0 Å². The fourth-order valence-corrected chi connectivity index (χ4v) is 3.09. The summed E-state index contributed by atoms with van der Waals surface area (Å²) in [6.45, 7) is 1.08. The molecule has 1 aliphatic rings. The van der Waals surface area contributed by atoms with E-state index in [0.29, 0.717) is 5.92 Å². The third-order valence-corrected chi connectivity index (χ3v) is 4.16. The Labute approximate surface area is 120 Å². The molecule has 2 heteroatoms. The van der Waals surface area contributed by atoms with Gasteiger partial charge in [0.25, 0.3) is 0 Å². The number of ether oxygens (including phenoxy) is 1. The lowest BCUT2D eigenvalue weighted by atomic mass is 9.86. The summed E-state index contributed by atoms with van der Waals surface area (Å²) in [7, 11) is 1.75. The van der Waals surface area contributed by atoms with E-state index in [1.54, 1.807) is 7.11 Å². The first-order valence-corrected chi connectivity index (χ1v) is 7.33. The molecule has 0 bridgehead atoms. The molecule has 0 aliphatic carbocycles. The smallest absolute Gasteiger partial charge is 0.122 e. The number of aryl methyl sites for hydroxylation is 1. The molecule has 0 aromatic heterocycles. The van der Waals surface area contributed by atoms with Crippen molar-refractivity contribution < 1.29 is 4.74 Å². The second-order valence-corrected chi connectivity index (χ2v) is 5.35. The molecule has 3 rings (SSSR count). The van der Waals surface area contributed by atoms with Crippen LogP contribution in [0.15, 0.2) is 48.5 Å². The highest BCUT2D eigenvalue weighted by Gasteiger charge is 2.19. The van der Waals surface area contributed by atoms with Crippen LogP contribution in [-0.4, -0.2) is 13.7 Å². The van der Waals surface area contributed by atoms with Crippen LogP contribution < -0.4 is 10.1 Å². The molecule has 0 spiro atoms. The third kappa shape index (κ3) is 2.64. The van der Waals surface area contributed by atoms with E-state index in [0.717, 1.165) is 18.7 Å². The molecule has 1 aliphatic heterocycles. The van der Waals surface area contributed by atoms with Crippen LogP contribution >= 0.6 is 0 Å². The Bertz CT molecular complexity index is 579. The fourth-order valence-electron chi connectivity index (χ4n) is 3.09. The zero-order valence-corrected chi connectivity index (χ0v) is 11.9. The normalized spacial score (nSPS) is 17.1. The van der Waals surface area contributed by atoms with Gasteiger partial charge < -0.3 is 10.1 Å². The molecular formula is C18H21NO. The Morgan fingerprint density at radius 2 is 1.90 bits per heavy atom. The second-order valence-electron chi connectivity index (χ2n) is 5.35. The number of rotatable bonds is 4. The minimum absolute atomic E-state index is 0.650. The lowest BCUT2D eigenvalue weighted by molar-refractivity contribution is 0.408. The van der Waals surface area contributed by atoms with Gasteiger partial charge in [-0.2, -0.15) is 0 Å². The van der Waals surface area contributed by atoms with Crippen molar-refractivity contribution in [2.24, 2.45) is 0 Å². The van der Waals surface area contributed by atoms with Gasteiger partial charge in [-0.3, -0.25) is 0 Å². The summed E-state index contributed by atoms with van der Waals surface area (Å²) in [5.74, 6) is 1.66. The number of hydrogen-bond acceptors (Lipinski definition) is 2. The van der Waals surface area contributed by atoms with Gasteiger partial charge in [-0.15, -0.1) is 0 Å². The van der Waals surface area contributed by atoms with Crippen LogP contribution in [0.2, 0.25) is 0 Å². The molecule has 1 heterocycles. The molecule has 2 nitrogen and oxygen atoms in total. The van der Waals surface area contributed by atoms with Gasteiger partial charge in [-0.1, -0.05) is 36.4 Å². The van der Waals surface area contributed by atoms with Crippen LogP contribution in [0, 0.1) is 0 Å². The molecule has 104 valence electrons. The van der Waals surface area contributed by atoms with Gasteiger partial charge in [0, 0.05) is 12.2 Å². The molecule has 1 N–H and O–H groups in total. The highest BCUT2D eigenvalue weighted by Crippen LogP contribution is 2.35. The van der Waals surface area contributed by atoms with Crippen LogP contribution in [0.3, 0.4) is 0 Å². The molecule has 2 aromatic carbocycles. The number of fused-ring (bicyclic) bond motifs is 1. The van der Waals surface area contributed by atoms with Crippen molar-refractivity contribution in [2.45, 2.75) is 25.2 Å². The number of benzene rings is 2. The quantitative estimate of drug-likeness (QED) is 0.895. The molecule has 0 radical (unpaired) electrons. The molecule has 0 fully saturated rings. The number of nitrogens with one attached hydrogen (secondary N) is 1. The molecule has 20 heavy (non-hydrogen) atoms. The lowest BCUT2D eigenvalue weighted by Gasteiger charge is -2.26. The number of para-hydroxylation sites is 2. The van der Waals surface area contributed by atoms with Crippen molar-refractivity contribution in [3.8, 4) is 5.75 Å². The zero-order chi connectivity index (χ0) is 13.8. The van der Waals surface area contributed by atoms with Gasteiger partial charge in [-0.25, -0.2) is 0 Å². The highest BCUT2D eigenvalue weighted by atomic mass is 16.5. The molecule has 2 aromatic rings. The first-order valence-electron chi connectivity index (χ1n) is 7.33. The summed E-state index contributed by atoms with van der Waals surface area (Å²) in [6, 6.07) is 17.0. The lowest BCUT2D eigenvalue weighted by Crippen LogP contribution is -2.17. The van der Waals surface area contributed by atoms with E-state index in [1.807, 2.05) is 12.1 Å². The standard InChI is InChI=1S/C18H21NO/c1-20-18-9-5-2-6-15(18)11-10-14-12-13-19-17-8-4-3-7-16(14)17/h2-9,14,19H,10-13H2,1H3. The van der Waals surface area contributed by atoms with Crippen molar-refractivity contribution in [2.75, 3.05) is 19.0 Å².